The summed E-state index contributed by atoms with van der Waals surface area (Å²) in [4.78, 5) is 4.09. The summed E-state index contributed by atoms with van der Waals surface area (Å²) >= 11 is 4.42. The number of hydrogen-bond acceptors (Lipinski definition) is 3. The molecule has 2 nitrogen and oxygen atoms in total. The Morgan fingerprint density at radius 1 is 1.62 bits per heavy atom. The molecule has 0 spiro atoms. The van der Waals surface area contributed by atoms with Gasteiger partial charge in [-0.15, -0.1) is 0 Å². The van der Waals surface area contributed by atoms with E-state index in [1.165, 1.54) is 5.56 Å². The van der Waals surface area contributed by atoms with E-state index in [9.17, 15) is 0 Å². The first kappa shape index (κ1) is 10.5. The zero-order chi connectivity index (χ0) is 9.68. The number of pyridine rings is 1. The lowest BCUT2D eigenvalue weighted by Gasteiger charge is -2.22. The minimum atomic E-state index is 0.331. The molecule has 1 rings (SSSR count). The third-order valence-corrected chi connectivity index (χ3v) is 2.61. The Bertz CT molecular complexity index is 238. The van der Waals surface area contributed by atoms with Gasteiger partial charge >= 0.3 is 0 Å². The van der Waals surface area contributed by atoms with E-state index in [2.05, 4.69) is 37.7 Å². The van der Waals surface area contributed by atoms with Gasteiger partial charge in [0.25, 0.3) is 0 Å². The van der Waals surface area contributed by atoms with Crippen molar-refractivity contribution >= 4 is 12.8 Å². The van der Waals surface area contributed by atoms with E-state index in [-0.39, 0.29) is 0 Å². The van der Waals surface area contributed by atoms with Crippen LogP contribution in [0.1, 0.15) is 31.9 Å². The molecule has 0 radical (unpaired) electrons. The molecule has 1 atom stereocenters. The van der Waals surface area contributed by atoms with Gasteiger partial charge in [0.1, 0.15) is 0 Å². The Hall–Kier alpha value is -0.540. The molecule has 13 heavy (non-hydrogen) atoms. The molecule has 0 aromatic carbocycles. The van der Waals surface area contributed by atoms with Gasteiger partial charge in [0.05, 0.1) is 0 Å². The summed E-state index contributed by atoms with van der Waals surface area (Å²) in [5, 5.41) is 0. The molecule has 0 aliphatic rings. The monoisotopic (exact) mass is 196 g/mol. The van der Waals surface area contributed by atoms with Crippen molar-refractivity contribution in [2.75, 3.05) is 6.54 Å². The van der Waals surface area contributed by atoms with E-state index in [4.69, 9.17) is 0 Å². The first-order chi connectivity index (χ1) is 6.25. The topological polar surface area (TPSA) is 16.1 Å². The van der Waals surface area contributed by atoms with E-state index >= 15 is 0 Å². The van der Waals surface area contributed by atoms with Gasteiger partial charge in [0.2, 0.25) is 0 Å². The third kappa shape index (κ3) is 3.01. The first-order valence-electron chi connectivity index (χ1n) is 4.61. The molecule has 72 valence electrons. The lowest BCUT2D eigenvalue weighted by molar-refractivity contribution is 0.387. The average molecular weight is 196 g/mol. The fourth-order valence-electron chi connectivity index (χ4n) is 1.22. The summed E-state index contributed by atoms with van der Waals surface area (Å²) in [6.07, 6.45) is 4.80. The zero-order valence-corrected chi connectivity index (χ0v) is 9.04. The largest absolute Gasteiger partial charge is 0.264 e. The van der Waals surface area contributed by atoms with Crippen LogP contribution in [-0.4, -0.2) is 15.8 Å². The van der Waals surface area contributed by atoms with Gasteiger partial charge in [0.15, 0.2) is 0 Å². The van der Waals surface area contributed by atoms with Crippen LogP contribution in [-0.2, 0) is 0 Å². The molecular weight excluding hydrogens is 180 g/mol. The van der Waals surface area contributed by atoms with E-state index in [0.29, 0.717) is 6.04 Å². The Balaban J connectivity index is 2.62. The quantitative estimate of drug-likeness (QED) is 0.745. The Morgan fingerprint density at radius 3 is 2.92 bits per heavy atom. The third-order valence-electron chi connectivity index (χ3n) is 2.07. The van der Waals surface area contributed by atoms with Crippen molar-refractivity contribution in [2.45, 2.75) is 26.3 Å². The van der Waals surface area contributed by atoms with Gasteiger partial charge in [-0.2, -0.15) is 0 Å². The molecule has 0 N–H and O–H groups in total. The maximum Gasteiger partial charge on any atom is 0.0436 e. The maximum absolute atomic E-state index is 4.42. The maximum atomic E-state index is 4.42. The molecule has 1 aromatic heterocycles. The zero-order valence-electron chi connectivity index (χ0n) is 8.14. The second kappa shape index (κ2) is 5.25. The highest BCUT2D eigenvalue weighted by atomic mass is 32.1. The highest BCUT2D eigenvalue weighted by Crippen LogP contribution is 2.20. The van der Waals surface area contributed by atoms with Crippen LogP contribution >= 0.6 is 12.8 Å². The molecule has 0 aliphatic heterocycles. The number of aromatic nitrogens is 1. The Labute approximate surface area is 85.5 Å². The van der Waals surface area contributed by atoms with Crippen LogP contribution in [0.5, 0.6) is 0 Å². The van der Waals surface area contributed by atoms with Crippen LogP contribution in [0.25, 0.3) is 0 Å². The van der Waals surface area contributed by atoms with E-state index in [1.54, 1.807) is 6.20 Å². The van der Waals surface area contributed by atoms with Crippen LogP contribution < -0.4 is 0 Å². The van der Waals surface area contributed by atoms with Gasteiger partial charge < -0.3 is 0 Å². The molecule has 0 aliphatic carbocycles. The van der Waals surface area contributed by atoms with Crippen molar-refractivity contribution in [1.29, 1.82) is 0 Å². The van der Waals surface area contributed by atoms with Crippen LogP contribution in [0.15, 0.2) is 24.5 Å². The number of nitrogens with zero attached hydrogens (tertiary/aromatic N) is 2. The molecule has 3 heteroatoms. The van der Waals surface area contributed by atoms with Crippen molar-refractivity contribution < 1.29 is 0 Å². The van der Waals surface area contributed by atoms with Gasteiger partial charge in [-0.05, 0) is 25.0 Å². The molecule has 0 saturated heterocycles. The summed E-state index contributed by atoms with van der Waals surface area (Å²) < 4.78 is 2.04. The summed E-state index contributed by atoms with van der Waals surface area (Å²) in [7, 11) is 0. The Kier molecular flexibility index (Phi) is 4.25. The van der Waals surface area contributed by atoms with E-state index in [1.807, 2.05) is 16.6 Å². The summed E-state index contributed by atoms with van der Waals surface area (Å²) in [5.74, 6) is 0. The minimum absolute atomic E-state index is 0.331. The fraction of sp³-hybridized carbons (Fsp3) is 0.500. The van der Waals surface area contributed by atoms with Crippen LogP contribution in [0, 0.1) is 0 Å². The van der Waals surface area contributed by atoms with Crippen LogP contribution in [0.4, 0.5) is 0 Å². The molecule has 0 bridgehead atoms. The second-order valence-electron chi connectivity index (χ2n) is 3.13. The number of rotatable bonds is 4. The van der Waals surface area contributed by atoms with Gasteiger partial charge in [-0.1, -0.05) is 25.8 Å². The lowest BCUT2D eigenvalue weighted by atomic mass is 10.1. The standard InChI is InChI=1S/C10H16N2S/c1-3-7-12(13)9(2)10-5-4-6-11-8-10/h4-6,8-9,13H,3,7H2,1-2H3. The van der Waals surface area contributed by atoms with Gasteiger partial charge in [-0.3, -0.25) is 4.98 Å². The molecule has 1 unspecified atom stereocenters. The highest BCUT2D eigenvalue weighted by Gasteiger charge is 2.10. The summed E-state index contributed by atoms with van der Waals surface area (Å²) in [6, 6.07) is 4.37. The normalized spacial score (nSPS) is 13.2. The van der Waals surface area contributed by atoms with E-state index in [0.717, 1.165) is 13.0 Å². The molecule has 1 aromatic rings. The number of hydrogen-bond donors (Lipinski definition) is 1. The Morgan fingerprint density at radius 2 is 2.38 bits per heavy atom. The molecule has 0 saturated carbocycles. The highest BCUT2D eigenvalue weighted by molar-refractivity contribution is 7.77. The van der Waals surface area contributed by atoms with Crippen molar-refractivity contribution in [3.8, 4) is 0 Å². The van der Waals surface area contributed by atoms with Crippen molar-refractivity contribution in [2.24, 2.45) is 0 Å². The SMILES string of the molecule is CCCN(S)C(C)c1cccnc1. The fourth-order valence-corrected chi connectivity index (χ4v) is 1.55. The van der Waals surface area contributed by atoms with Gasteiger partial charge in [0, 0.05) is 25.0 Å². The molecule has 1 heterocycles. The minimum Gasteiger partial charge on any atom is -0.264 e. The smallest absolute Gasteiger partial charge is 0.0436 e. The van der Waals surface area contributed by atoms with Gasteiger partial charge in [-0.25, -0.2) is 4.31 Å². The van der Waals surface area contributed by atoms with Crippen molar-refractivity contribution in [3.05, 3.63) is 30.1 Å². The van der Waals surface area contributed by atoms with Crippen LogP contribution in [0.2, 0.25) is 0 Å². The first-order valence-corrected chi connectivity index (χ1v) is 5.01. The van der Waals surface area contributed by atoms with Crippen LogP contribution in [0.3, 0.4) is 0 Å². The predicted octanol–water partition coefficient (Wildman–Crippen LogP) is 2.70. The predicted molar refractivity (Wildman–Crippen MR) is 58.6 cm³/mol. The molecule has 0 amide bonds. The van der Waals surface area contributed by atoms with E-state index < -0.39 is 0 Å². The average Bonchev–Trinajstić information content (AvgIpc) is 2.18. The lowest BCUT2D eigenvalue weighted by Crippen LogP contribution is -2.17. The van der Waals surface area contributed by atoms with Crippen molar-refractivity contribution in [3.63, 3.8) is 0 Å². The second-order valence-corrected chi connectivity index (χ2v) is 3.64. The molecule has 0 fully saturated rings. The number of thiol groups is 1. The summed E-state index contributed by atoms with van der Waals surface area (Å²) in [5.41, 5.74) is 1.21. The van der Waals surface area contributed by atoms with Crippen molar-refractivity contribution in [1.82, 2.24) is 9.29 Å². The summed E-state index contributed by atoms with van der Waals surface area (Å²) in [6.45, 7) is 5.29. The molecular formula is C10H16N2S.